The van der Waals surface area contributed by atoms with Crippen LogP contribution in [-0.2, 0) is 4.74 Å². The number of hydrogen-bond donors (Lipinski definition) is 0. The van der Waals surface area contributed by atoms with E-state index < -0.39 is 0 Å². The molecule has 0 N–H and O–H groups in total. The van der Waals surface area contributed by atoms with E-state index >= 15 is 0 Å². The smallest absolute Gasteiger partial charge is 0.343 e. The molecule has 0 aliphatic rings. The maximum atomic E-state index is 13.1. The van der Waals surface area contributed by atoms with Gasteiger partial charge >= 0.3 is 5.97 Å². The summed E-state index contributed by atoms with van der Waals surface area (Å²) in [6, 6.07) is 23.7. The van der Waals surface area contributed by atoms with Crippen LogP contribution in [0.25, 0.3) is 11.1 Å². The Morgan fingerprint density at radius 2 is 0.981 bits per heavy atom. The highest BCUT2D eigenvalue weighted by molar-refractivity contribution is 5.92. The lowest BCUT2D eigenvalue weighted by Gasteiger charge is -2.20. The van der Waals surface area contributed by atoms with Crippen LogP contribution in [0.1, 0.15) is 197 Å². The Bertz CT molecular complexity index is 1330. The van der Waals surface area contributed by atoms with Gasteiger partial charge in [0.1, 0.15) is 0 Å². The van der Waals surface area contributed by atoms with Crippen molar-refractivity contribution in [2.24, 2.45) is 0 Å². The van der Waals surface area contributed by atoms with Gasteiger partial charge in [0.2, 0.25) is 0 Å². The van der Waals surface area contributed by atoms with Gasteiger partial charge in [-0.05, 0) is 67.1 Å². The average Bonchev–Trinajstić information content (AvgIpc) is 3.18. The number of para-hydroxylation sites is 2. The van der Waals surface area contributed by atoms with Gasteiger partial charge in [0.15, 0.2) is 11.5 Å². The van der Waals surface area contributed by atoms with Crippen LogP contribution in [0.2, 0.25) is 0 Å². The van der Waals surface area contributed by atoms with Crippen LogP contribution >= 0.6 is 0 Å². The van der Waals surface area contributed by atoms with Gasteiger partial charge < -0.3 is 14.2 Å². The lowest BCUT2D eigenvalue weighted by Crippen LogP contribution is -2.17. The minimum atomic E-state index is -0.385. The second kappa shape index (κ2) is 28.3. The Balaban J connectivity index is 1.28. The van der Waals surface area contributed by atoms with E-state index in [1.54, 1.807) is 6.07 Å². The first-order valence-electron chi connectivity index (χ1n) is 21.9. The first-order valence-corrected chi connectivity index (χ1v) is 21.9. The molecule has 3 aromatic rings. The van der Waals surface area contributed by atoms with E-state index in [-0.39, 0.29) is 18.2 Å². The van der Waals surface area contributed by atoms with Crippen molar-refractivity contribution < 1.29 is 19.0 Å². The van der Waals surface area contributed by atoms with E-state index in [0.29, 0.717) is 17.1 Å². The summed E-state index contributed by atoms with van der Waals surface area (Å²) < 4.78 is 18.3. The molecular weight excluding hydrogens is 653 g/mol. The molecule has 0 aromatic heterocycles. The molecular formula is C49H74O4. The summed E-state index contributed by atoms with van der Waals surface area (Å²) in [7, 11) is 0. The number of carbonyl (C=O) groups excluding carboxylic acids is 1. The van der Waals surface area contributed by atoms with E-state index in [4.69, 9.17) is 14.2 Å². The molecule has 0 saturated carbocycles. The number of carbonyl (C=O) groups is 1. The molecule has 3 aromatic carbocycles. The Morgan fingerprint density at radius 3 is 1.49 bits per heavy atom. The van der Waals surface area contributed by atoms with E-state index in [1.807, 2.05) is 42.5 Å². The molecule has 2 atom stereocenters. The Labute approximate surface area is 324 Å². The molecule has 4 heteroatoms. The molecule has 294 valence electrons. The third kappa shape index (κ3) is 18.7. The quantitative estimate of drug-likeness (QED) is 0.0376. The molecule has 4 nitrogen and oxygen atoms in total. The van der Waals surface area contributed by atoms with Gasteiger partial charge in [-0.2, -0.15) is 0 Å². The van der Waals surface area contributed by atoms with E-state index in [2.05, 4.69) is 52.0 Å². The highest BCUT2D eigenvalue weighted by Gasteiger charge is 2.16. The molecule has 0 amide bonds. The predicted octanol–water partition coefficient (Wildman–Crippen LogP) is 15.4. The summed E-state index contributed by atoms with van der Waals surface area (Å²) in [6.45, 7) is 9.61. The minimum Gasteiger partial charge on any atom is -0.487 e. The third-order valence-corrected chi connectivity index (χ3v) is 10.5. The van der Waals surface area contributed by atoms with Crippen LogP contribution in [0, 0.1) is 0 Å². The number of ether oxygens (including phenoxy) is 3. The van der Waals surface area contributed by atoms with Gasteiger partial charge in [0, 0.05) is 6.61 Å². The van der Waals surface area contributed by atoms with Crippen LogP contribution in [-0.4, -0.2) is 18.7 Å². The average molecular weight is 727 g/mol. The second-order valence-electron chi connectivity index (χ2n) is 15.2. The number of rotatable bonds is 31. The van der Waals surface area contributed by atoms with Crippen molar-refractivity contribution in [2.75, 3.05) is 6.61 Å². The molecule has 2 unspecified atom stereocenters. The highest BCUT2D eigenvalue weighted by Crippen LogP contribution is 2.31. The standard InChI is InChI=1S/C49H74O4/c1-5-8-10-11-12-13-14-15-16-17-18-19-20-21-22-23-24-27-40-51-41(4)42-32-34-43(35-33-42)44-36-38-45(39-37-44)49(50)53-48-31-26-25-30-47(48)52-46(28-7-3)29-9-6-2/h25-26,30-39,41,46H,5-24,27-29,40H2,1-4H3. The largest absolute Gasteiger partial charge is 0.487 e. The summed E-state index contributed by atoms with van der Waals surface area (Å²) in [5.41, 5.74) is 3.87. The zero-order valence-electron chi connectivity index (χ0n) is 34.2. The predicted molar refractivity (Wildman–Crippen MR) is 225 cm³/mol. The van der Waals surface area contributed by atoms with Crippen LogP contribution in [0.15, 0.2) is 72.8 Å². The summed E-state index contributed by atoms with van der Waals surface area (Å²) in [5, 5.41) is 0. The van der Waals surface area contributed by atoms with Crippen molar-refractivity contribution >= 4 is 5.97 Å². The minimum absolute atomic E-state index is 0.0720. The maximum absolute atomic E-state index is 13.1. The van der Waals surface area contributed by atoms with E-state index in [9.17, 15) is 4.79 Å². The summed E-state index contributed by atoms with van der Waals surface area (Å²) in [6.07, 6.45) is 30.5. The molecule has 0 bridgehead atoms. The second-order valence-corrected chi connectivity index (χ2v) is 15.2. The third-order valence-electron chi connectivity index (χ3n) is 10.5. The lowest BCUT2D eigenvalue weighted by atomic mass is 10.0. The summed E-state index contributed by atoms with van der Waals surface area (Å²) >= 11 is 0. The maximum Gasteiger partial charge on any atom is 0.343 e. The first kappa shape index (κ1) is 44.3. The first-order chi connectivity index (χ1) is 26.0. The molecule has 0 heterocycles. The summed E-state index contributed by atoms with van der Waals surface area (Å²) in [4.78, 5) is 13.1. The van der Waals surface area contributed by atoms with Crippen molar-refractivity contribution in [2.45, 2.75) is 188 Å². The van der Waals surface area contributed by atoms with Crippen molar-refractivity contribution in [1.82, 2.24) is 0 Å². The zero-order valence-corrected chi connectivity index (χ0v) is 34.2. The van der Waals surface area contributed by atoms with Crippen molar-refractivity contribution in [1.29, 1.82) is 0 Å². The van der Waals surface area contributed by atoms with E-state index in [1.165, 1.54) is 115 Å². The van der Waals surface area contributed by atoms with Crippen LogP contribution in [0.5, 0.6) is 11.5 Å². The Kier molecular flexibility index (Phi) is 23.7. The normalized spacial score (nSPS) is 12.5. The fourth-order valence-corrected chi connectivity index (χ4v) is 7.09. The molecule has 0 aliphatic heterocycles. The van der Waals surface area contributed by atoms with Crippen molar-refractivity contribution in [3.05, 3.63) is 83.9 Å². The van der Waals surface area contributed by atoms with Gasteiger partial charge in [0.05, 0.1) is 17.8 Å². The molecule has 0 radical (unpaired) electrons. The SMILES string of the molecule is CCCCCCCCCCCCCCCCCCCCOC(C)c1ccc(-c2ccc(C(=O)Oc3ccccc3OC(CCC)CCCC)cc2)cc1. The van der Waals surface area contributed by atoms with Crippen molar-refractivity contribution in [3.63, 3.8) is 0 Å². The molecule has 0 aliphatic carbocycles. The van der Waals surface area contributed by atoms with Crippen LogP contribution in [0.4, 0.5) is 0 Å². The summed E-state index contributed by atoms with van der Waals surface area (Å²) in [5.74, 6) is 0.705. The lowest BCUT2D eigenvalue weighted by molar-refractivity contribution is 0.0627. The fraction of sp³-hybridized carbons (Fsp3) is 0.612. The topological polar surface area (TPSA) is 44.8 Å². The Morgan fingerprint density at radius 1 is 0.509 bits per heavy atom. The fourth-order valence-electron chi connectivity index (χ4n) is 7.09. The van der Waals surface area contributed by atoms with Gasteiger partial charge in [0.25, 0.3) is 0 Å². The molecule has 0 saturated heterocycles. The number of unbranched alkanes of at least 4 members (excludes halogenated alkanes) is 18. The zero-order chi connectivity index (χ0) is 37.8. The molecule has 3 rings (SSSR count). The molecule has 53 heavy (non-hydrogen) atoms. The van der Waals surface area contributed by atoms with Gasteiger partial charge in [-0.3, -0.25) is 0 Å². The molecule has 0 fully saturated rings. The van der Waals surface area contributed by atoms with Crippen molar-refractivity contribution in [3.8, 4) is 22.6 Å². The van der Waals surface area contributed by atoms with E-state index in [0.717, 1.165) is 56.3 Å². The van der Waals surface area contributed by atoms with Gasteiger partial charge in [-0.1, -0.05) is 198 Å². The number of hydrogen-bond acceptors (Lipinski definition) is 4. The van der Waals surface area contributed by atoms with Crippen LogP contribution in [0.3, 0.4) is 0 Å². The van der Waals surface area contributed by atoms with Gasteiger partial charge in [-0.15, -0.1) is 0 Å². The van der Waals surface area contributed by atoms with Crippen LogP contribution < -0.4 is 9.47 Å². The molecule has 0 spiro atoms. The Hall–Kier alpha value is -3.11. The highest BCUT2D eigenvalue weighted by atomic mass is 16.6. The monoisotopic (exact) mass is 727 g/mol. The number of benzene rings is 3. The number of esters is 1. The van der Waals surface area contributed by atoms with Gasteiger partial charge in [-0.25, -0.2) is 4.79 Å².